The number of hydrogen-bond acceptors (Lipinski definition) is 6. The number of halogens is 1. The first-order chi connectivity index (χ1) is 41.0. The highest BCUT2D eigenvalue weighted by Crippen LogP contribution is 2.66. The molecule has 2 spiro atoms. The summed E-state index contributed by atoms with van der Waals surface area (Å²) in [5.41, 5.74) is 19.3. The molecule has 0 atom stereocenters. The van der Waals surface area contributed by atoms with E-state index in [-0.39, 0.29) is 39.0 Å². The van der Waals surface area contributed by atoms with E-state index < -0.39 is 26.6 Å². The van der Waals surface area contributed by atoms with Crippen LogP contribution >= 0.6 is 11.6 Å². The highest BCUT2D eigenvalue weighted by atomic mass is 35.5. The van der Waals surface area contributed by atoms with Crippen molar-refractivity contribution in [1.82, 2.24) is 0 Å². The fourth-order valence-electron chi connectivity index (χ4n) is 15.0. The minimum absolute atomic E-state index is 0.344. The highest BCUT2D eigenvalue weighted by molar-refractivity contribution is 7.11. The molecule has 3 saturated heterocycles. The molecule has 0 aromatic heterocycles. The lowest BCUT2D eigenvalue weighted by atomic mass is 9.49. The maximum Gasteiger partial charge on any atom is 0.494 e. The van der Waals surface area contributed by atoms with Gasteiger partial charge in [0.1, 0.15) is 0 Å². The molecule has 0 amide bonds. The van der Waals surface area contributed by atoms with Crippen molar-refractivity contribution in [2.24, 2.45) is 0 Å². The maximum atomic E-state index is 6.60. The molecule has 10 aromatic rings. The third-order valence-corrected chi connectivity index (χ3v) is 21.5. The number of benzene rings is 10. The Balaban J connectivity index is 0.000000116. The lowest BCUT2D eigenvalue weighted by molar-refractivity contribution is 0.00578. The minimum atomic E-state index is -0.476. The van der Waals surface area contributed by atoms with E-state index in [2.05, 4.69) is 228 Å². The summed E-state index contributed by atoms with van der Waals surface area (Å²) in [4.78, 5) is 0. The number of fused-ring (bicyclic) bond motifs is 24. The summed E-state index contributed by atoms with van der Waals surface area (Å²) in [5.74, 6) is 0. The fraction of sp³-hybridized carbons (Fsp3) is 0.263. The van der Waals surface area contributed by atoms with Crippen LogP contribution in [-0.4, -0.2) is 54.7 Å². The topological polar surface area (TPSA) is 55.4 Å². The molecule has 86 heavy (non-hydrogen) atoms. The zero-order chi connectivity index (χ0) is 59.7. The Labute approximate surface area is 512 Å². The number of rotatable bonds is 2. The molecule has 4 aliphatic carbocycles. The average Bonchev–Trinajstić information content (AvgIpc) is 1.51. The van der Waals surface area contributed by atoms with E-state index in [0.29, 0.717) is 0 Å². The molecule has 0 N–H and O–H groups in total. The van der Waals surface area contributed by atoms with Gasteiger partial charge in [0.15, 0.2) is 0 Å². The summed E-state index contributed by atoms with van der Waals surface area (Å²) in [6.07, 6.45) is 0. The quantitative estimate of drug-likeness (QED) is 0.161. The van der Waals surface area contributed by atoms with Gasteiger partial charge in [-0.2, -0.15) is 0 Å². The van der Waals surface area contributed by atoms with Gasteiger partial charge in [-0.05, 0) is 211 Å². The Morgan fingerprint density at radius 3 is 0.977 bits per heavy atom. The molecule has 3 aliphatic heterocycles. The Kier molecular flexibility index (Phi) is 12.3. The molecular weight excluding hydrogens is 1080 g/mol. The van der Waals surface area contributed by atoms with Crippen LogP contribution in [0.1, 0.15) is 128 Å². The molecule has 0 unspecified atom stereocenters. The number of hydrogen-bond donors (Lipinski definition) is 0. The fourth-order valence-corrected chi connectivity index (χ4v) is 15.1. The zero-order valence-electron chi connectivity index (χ0n) is 51.2. The van der Waals surface area contributed by atoms with Crippen molar-refractivity contribution < 1.29 is 27.9 Å². The first kappa shape index (κ1) is 55.5. The molecule has 7 aliphatic rings. The van der Waals surface area contributed by atoms with E-state index in [0.717, 1.165) is 10.5 Å². The zero-order valence-corrected chi connectivity index (χ0v) is 51.9. The molecule has 0 saturated carbocycles. The summed E-state index contributed by atoms with van der Waals surface area (Å²) in [6.45, 7) is 24.7. The van der Waals surface area contributed by atoms with Crippen molar-refractivity contribution in [2.45, 2.75) is 128 Å². The lowest BCUT2D eigenvalue weighted by Crippen LogP contribution is -2.41. The van der Waals surface area contributed by atoms with Gasteiger partial charge in [-0.3, -0.25) is 0 Å². The summed E-state index contributed by atoms with van der Waals surface area (Å²) in [5, 5.41) is 5.95. The van der Waals surface area contributed by atoms with Crippen LogP contribution in [-0.2, 0) is 38.8 Å². The van der Waals surface area contributed by atoms with Crippen LogP contribution in [0.2, 0.25) is 5.02 Å². The van der Waals surface area contributed by atoms with Crippen molar-refractivity contribution in [3.63, 3.8) is 0 Å². The molecule has 17 rings (SSSR count). The third kappa shape index (κ3) is 7.71. The van der Waals surface area contributed by atoms with Crippen LogP contribution in [0, 0.1) is 0 Å². The summed E-state index contributed by atoms with van der Waals surface area (Å²) < 4.78 is 36.9. The Hall–Kier alpha value is -7.04. The summed E-state index contributed by atoms with van der Waals surface area (Å²) >= 11 is 6.60. The summed E-state index contributed by atoms with van der Waals surface area (Å²) in [6, 6.07) is 75.7. The van der Waals surface area contributed by atoms with E-state index >= 15 is 0 Å². The van der Waals surface area contributed by atoms with Gasteiger partial charge in [0.25, 0.3) is 0 Å². The SMILES string of the molecule is CC1(C)OB(B2OC(C)(C)C(C)(C)O2)OC1(C)C.CC1(C)OB(c2ccc3c(c2)C2(c4ccccc4-c4ccccc42)c2c-3ccc3ccccc23)OC1(C)C.Clc1ccc2c(c1)C1(c3ccccc3-c3ccccc31)c1c-2ccc2ccccc12. The third-order valence-electron chi connectivity index (χ3n) is 21.2. The Morgan fingerprint density at radius 1 is 0.279 bits per heavy atom. The predicted octanol–water partition coefficient (Wildman–Crippen LogP) is 17.6. The van der Waals surface area contributed by atoms with Crippen LogP contribution in [0.5, 0.6) is 0 Å². The van der Waals surface area contributed by atoms with Gasteiger partial charge in [0.2, 0.25) is 0 Å². The van der Waals surface area contributed by atoms with Gasteiger partial charge in [-0.15, -0.1) is 0 Å². The molecule has 10 aromatic carbocycles. The molecule has 6 nitrogen and oxygen atoms in total. The van der Waals surface area contributed by atoms with Gasteiger partial charge < -0.3 is 27.9 Å². The van der Waals surface area contributed by atoms with Crippen LogP contribution < -0.4 is 5.46 Å². The molecule has 10 heteroatoms. The van der Waals surface area contributed by atoms with Crippen molar-refractivity contribution in [3.05, 3.63) is 256 Å². The lowest BCUT2D eigenvalue weighted by Gasteiger charge is -2.32. The molecular formula is C76H70B3ClO6. The highest BCUT2D eigenvalue weighted by Gasteiger charge is 2.64. The minimum Gasteiger partial charge on any atom is -0.405 e. The van der Waals surface area contributed by atoms with Gasteiger partial charge in [0, 0.05) is 5.02 Å². The van der Waals surface area contributed by atoms with E-state index in [1.165, 1.54) is 111 Å². The van der Waals surface area contributed by atoms with Crippen LogP contribution in [0.3, 0.4) is 0 Å². The largest absolute Gasteiger partial charge is 0.494 e. The van der Waals surface area contributed by atoms with Crippen molar-refractivity contribution >= 4 is 59.7 Å². The van der Waals surface area contributed by atoms with E-state index in [1.54, 1.807) is 0 Å². The van der Waals surface area contributed by atoms with E-state index in [4.69, 9.17) is 39.5 Å². The van der Waals surface area contributed by atoms with Gasteiger partial charge in [0.05, 0.1) is 44.4 Å². The predicted molar refractivity (Wildman–Crippen MR) is 353 cm³/mol. The van der Waals surface area contributed by atoms with Gasteiger partial charge in [-0.1, -0.05) is 206 Å². The van der Waals surface area contributed by atoms with Crippen molar-refractivity contribution in [2.75, 3.05) is 0 Å². The maximum absolute atomic E-state index is 6.60. The molecule has 3 fully saturated rings. The van der Waals surface area contributed by atoms with Crippen molar-refractivity contribution in [3.8, 4) is 44.5 Å². The average molecular weight is 1150 g/mol. The second-order valence-electron chi connectivity index (χ2n) is 27.4. The van der Waals surface area contributed by atoms with Gasteiger partial charge in [-0.25, -0.2) is 0 Å². The smallest absolute Gasteiger partial charge is 0.405 e. The second-order valence-corrected chi connectivity index (χ2v) is 27.9. The molecule has 0 bridgehead atoms. The van der Waals surface area contributed by atoms with E-state index in [9.17, 15) is 0 Å². The first-order valence-corrected chi connectivity index (χ1v) is 30.8. The normalized spacial score (nSPS) is 20.1. The Bertz CT molecular complexity index is 4290. The van der Waals surface area contributed by atoms with Crippen LogP contribution in [0.25, 0.3) is 66.1 Å². The standard InChI is InChI=1S/C35H29BO2.C29H17Cl.C12H24B2O4/c1-33(2)34(3,4)38-36(37-33)23-18-20-27-28-19-17-22-11-5-6-12-24(22)32(28)35(31(27)21-23)29-15-9-7-13-25(29)26-14-8-10-16-30(26)35;30-19-14-16-23-24-15-13-18-7-1-2-8-20(18)28(24)29(27(23)17-19)25-11-5-3-9-21(25)22-10-4-6-12-26(22)29;1-9(2)10(3,4)16-13(15-9)14-17-11(5,6)12(7,8)18-14/h5-21H,1-4H3;1-17H;1-8H3. The monoisotopic (exact) mass is 1150 g/mol. The van der Waals surface area contributed by atoms with Crippen LogP contribution in [0.15, 0.2) is 206 Å². The first-order valence-electron chi connectivity index (χ1n) is 30.5. The van der Waals surface area contributed by atoms with Gasteiger partial charge >= 0.3 is 21.1 Å². The van der Waals surface area contributed by atoms with E-state index in [1.807, 2.05) is 61.5 Å². The summed E-state index contributed by atoms with van der Waals surface area (Å²) in [7, 11) is -1.36. The van der Waals surface area contributed by atoms with Crippen LogP contribution in [0.4, 0.5) is 0 Å². The molecule has 0 radical (unpaired) electrons. The Morgan fingerprint density at radius 2 is 0.581 bits per heavy atom. The molecule has 426 valence electrons. The second kappa shape index (κ2) is 19.0. The van der Waals surface area contributed by atoms with Crippen molar-refractivity contribution in [1.29, 1.82) is 0 Å². The molecule has 3 heterocycles.